The molecule has 1 aliphatic rings. The number of rotatable bonds is 5. The molecule has 1 heterocycles. The number of carbonyl (C=O) groups excluding carboxylic acids is 1. The van der Waals surface area contributed by atoms with Crippen molar-refractivity contribution in [2.75, 3.05) is 19.6 Å². The maximum atomic E-state index is 11.8. The van der Waals surface area contributed by atoms with Gasteiger partial charge in [-0.3, -0.25) is 4.79 Å². The van der Waals surface area contributed by atoms with Crippen LogP contribution in [0.1, 0.15) is 30.4 Å². The molecule has 3 heteroatoms. The predicted molar refractivity (Wildman–Crippen MR) is 78.1 cm³/mol. The third-order valence-electron chi connectivity index (χ3n) is 3.85. The Balaban J connectivity index is 1.67. The second kappa shape index (κ2) is 7.29. The number of aryl methyl sites for hydroxylation is 1. The molecule has 0 saturated carbocycles. The summed E-state index contributed by atoms with van der Waals surface area (Å²) in [6.45, 7) is 4.95. The van der Waals surface area contributed by atoms with Crippen LogP contribution in [0.4, 0.5) is 0 Å². The molecule has 1 unspecified atom stereocenters. The lowest BCUT2D eigenvalue weighted by Crippen LogP contribution is -2.34. The lowest BCUT2D eigenvalue weighted by molar-refractivity contribution is -0.122. The highest BCUT2D eigenvalue weighted by molar-refractivity contribution is 5.76. The maximum absolute atomic E-state index is 11.8. The number of benzene rings is 1. The summed E-state index contributed by atoms with van der Waals surface area (Å²) in [5.41, 5.74) is 2.62. The summed E-state index contributed by atoms with van der Waals surface area (Å²) in [6.07, 6.45) is 3.96. The first-order chi connectivity index (χ1) is 9.25. The molecule has 1 aromatic carbocycles. The maximum Gasteiger partial charge on any atom is 0.220 e. The molecule has 0 aromatic heterocycles. The molecule has 1 atom stereocenters. The molecule has 1 saturated heterocycles. The monoisotopic (exact) mass is 260 g/mol. The van der Waals surface area contributed by atoms with Crippen LogP contribution in [0.15, 0.2) is 24.3 Å². The van der Waals surface area contributed by atoms with Crippen LogP contribution in [0, 0.1) is 12.8 Å². The third-order valence-corrected chi connectivity index (χ3v) is 3.85. The van der Waals surface area contributed by atoms with Gasteiger partial charge in [-0.2, -0.15) is 0 Å². The van der Waals surface area contributed by atoms with Gasteiger partial charge in [0.25, 0.3) is 0 Å². The molecule has 0 bridgehead atoms. The van der Waals surface area contributed by atoms with E-state index in [1.165, 1.54) is 24.0 Å². The average Bonchev–Trinajstić information content (AvgIpc) is 2.42. The van der Waals surface area contributed by atoms with Crippen LogP contribution < -0.4 is 10.6 Å². The van der Waals surface area contributed by atoms with Gasteiger partial charge in [0, 0.05) is 13.0 Å². The minimum atomic E-state index is 0.197. The van der Waals surface area contributed by atoms with E-state index in [9.17, 15) is 4.79 Å². The Kier molecular flexibility index (Phi) is 5.40. The van der Waals surface area contributed by atoms with Crippen molar-refractivity contribution in [3.8, 4) is 0 Å². The van der Waals surface area contributed by atoms with E-state index in [0.717, 1.165) is 26.1 Å². The molecule has 0 radical (unpaired) electrons. The molecular weight excluding hydrogens is 236 g/mol. The SMILES string of the molecule is Cc1ccccc1CCNC(=O)CC1CCCNC1. The summed E-state index contributed by atoms with van der Waals surface area (Å²) in [5.74, 6) is 0.717. The molecular formula is C16H24N2O. The molecule has 1 aliphatic heterocycles. The quantitative estimate of drug-likeness (QED) is 0.850. The molecule has 0 spiro atoms. The first kappa shape index (κ1) is 14.1. The van der Waals surface area contributed by atoms with E-state index in [4.69, 9.17) is 0 Å². The summed E-state index contributed by atoms with van der Waals surface area (Å²) in [7, 11) is 0. The van der Waals surface area contributed by atoms with Crippen LogP contribution in [-0.4, -0.2) is 25.5 Å². The van der Waals surface area contributed by atoms with Gasteiger partial charge in [0.15, 0.2) is 0 Å². The highest BCUT2D eigenvalue weighted by Gasteiger charge is 2.16. The summed E-state index contributed by atoms with van der Waals surface area (Å²) in [5, 5.41) is 6.39. The lowest BCUT2D eigenvalue weighted by atomic mass is 9.96. The minimum absolute atomic E-state index is 0.197. The summed E-state index contributed by atoms with van der Waals surface area (Å²) >= 11 is 0. The number of hydrogen-bond donors (Lipinski definition) is 2. The van der Waals surface area contributed by atoms with E-state index < -0.39 is 0 Å². The van der Waals surface area contributed by atoms with Crippen molar-refractivity contribution >= 4 is 5.91 Å². The number of piperidine rings is 1. The molecule has 3 nitrogen and oxygen atoms in total. The first-order valence-corrected chi connectivity index (χ1v) is 7.27. The van der Waals surface area contributed by atoms with E-state index in [2.05, 4.69) is 35.8 Å². The Labute approximate surface area is 115 Å². The van der Waals surface area contributed by atoms with Crippen LogP contribution >= 0.6 is 0 Å². The van der Waals surface area contributed by atoms with Gasteiger partial charge < -0.3 is 10.6 Å². The number of hydrogen-bond acceptors (Lipinski definition) is 2. The van der Waals surface area contributed by atoms with Crippen molar-refractivity contribution in [1.82, 2.24) is 10.6 Å². The van der Waals surface area contributed by atoms with Gasteiger partial charge in [-0.15, -0.1) is 0 Å². The Morgan fingerprint density at radius 1 is 1.42 bits per heavy atom. The van der Waals surface area contributed by atoms with Crippen LogP contribution in [0.3, 0.4) is 0 Å². The number of nitrogens with one attached hydrogen (secondary N) is 2. The molecule has 1 aromatic rings. The van der Waals surface area contributed by atoms with E-state index in [1.54, 1.807) is 0 Å². The zero-order valence-electron chi connectivity index (χ0n) is 11.7. The third kappa shape index (κ3) is 4.67. The Hall–Kier alpha value is -1.35. The Bertz CT molecular complexity index is 411. The van der Waals surface area contributed by atoms with Crippen molar-refractivity contribution in [3.05, 3.63) is 35.4 Å². The van der Waals surface area contributed by atoms with Crippen molar-refractivity contribution < 1.29 is 4.79 Å². The molecule has 2 rings (SSSR count). The second-order valence-corrected chi connectivity index (χ2v) is 5.44. The normalized spacial score (nSPS) is 19.1. The standard InChI is InChI=1S/C16H24N2O/c1-13-5-2-3-7-15(13)8-10-18-16(19)11-14-6-4-9-17-12-14/h2-3,5,7,14,17H,4,6,8-12H2,1H3,(H,18,19). The Morgan fingerprint density at radius 3 is 3.00 bits per heavy atom. The summed E-state index contributed by atoms with van der Waals surface area (Å²) in [6, 6.07) is 8.35. The van der Waals surface area contributed by atoms with Crippen LogP contribution in [-0.2, 0) is 11.2 Å². The van der Waals surface area contributed by atoms with E-state index in [-0.39, 0.29) is 5.91 Å². The van der Waals surface area contributed by atoms with E-state index >= 15 is 0 Å². The largest absolute Gasteiger partial charge is 0.356 e. The first-order valence-electron chi connectivity index (χ1n) is 7.27. The second-order valence-electron chi connectivity index (χ2n) is 5.44. The van der Waals surface area contributed by atoms with Crippen molar-refractivity contribution in [3.63, 3.8) is 0 Å². The molecule has 2 N–H and O–H groups in total. The molecule has 19 heavy (non-hydrogen) atoms. The number of carbonyl (C=O) groups is 1. The van der Waals surface area contributed by atoms with Crippen LogP contribution in [0.5, 0.6) is 0 Å². The van der Waals surface area contributed by atoms with Crippen LogP contribution in [0.2, 0.25) is 0 Å². The average molecular weight is 260 g/mol. The van der Waals surface area contributed by atoms with Gasteiger partial charge in [-0.05, 0) is 56.3 Å². The molecule has 104 valence electrons. The fraction of sp³-hybridized carbons (Fsp3) is 0.562. The topological polar surface area (TPSA) is 41.1 Å². The molecule has 1 fully saturated rings. The van der Waals surface area contributed by atoms with Gasteiger partial charge >= 0.3 is 0 Å². The fourth-order valence-corrected chi connectivity index (χ4v) is 2.66. The molecule has 1 amide bonds. The van der Waals surface area contributed by atoms with Crippen LogP contribution in [0.25, 0.3) is 0 Å². The van der Waals surface area contributed by atoms with Crippen molar-refractivity contribution in [2.45, 2.75) is 32.6 Å². The van der Waals surface area contributed by atoms with Gasteiger partial charge in [0.2, 0.25) is 5.91 Å². The van der Waals surface area contributed by atoms with E-state index in [1.807, 2.05) is 6.07 Å². The van der Waals surface area contributed by atoms with Gasteiger partial charge in [-0.25, -0.2) is 0 Å². The van der Waals surface area contributed by atoms with E-state index in [0.29, 0.717) is 12.3 Å². The van der Waals surface area contributed by atoms with Gasteiger partial charge in [0.1, 0.15) is 0 Å². The van der Waals surface area contributed by atoms with Gasteiger partial charge in [-0.1, -0.05) is 24.3 Å². The highest BCUT2D eigenvalue weighted by atomic mass is 16.1. The lowest BCUT2D eigenvalue weighted by Gasteiger charge is -2.22. The smallest absolute Gasteiger partial charge is 0.220 e. The zero-order valence-corrected chi connectivity index (χ0v) is 11.7. The fourth-order valence-electron chi connectivity index (χ4n) is 2.66. The van der Waals surface area contributed by atoms with Gasteiger partial charge in [0.05, 0.1) is 0 Å². The van der Waals surface area contributed by atoms with Crippen molar-refractivity contribution in [1.29, 1.82) is 0 Å². The number of amides is 1. The predicted octanol–water partition coefficient (Wildman–Crippen LogP) is 2.04. The molecule has 0 aliphatic carbocycles. The summed E-state index contributed by atoms with van der Waals surface area (Å²) in [4.78, 5) is 11.8. The summed E-state index contributed by atoms with van der Waals surface area (Å²) < 4.78 is 0. The Morgan fingerprint density at radius 2 is 2.26 bits per heavy atom. The minimum Gasteiger partial charge on any atom is -0.356 e. The zero-order chi connectivity index (χ0) is 13.5. The van der Waals surface area contributed by atoms with Crippen molar-refractivity contribution in [2.24, 2.45) is 5.92 Å². The highest BCUT2D eigenvalue weighted by Crippen LogP contribution is 2.13.